The number of halogens is 1. The highest BCUT2D eigenvalue weighted by Crippen LogP contribution is 2.34. The Balaban J connectivity index is 2.08. The van der Waals surface area contributed by atoms with E-state index in [0.717, 1.165) is 27.7 Å². The van der Waals surface area contributed by atoms with E-state index in [1.54, 1.807) is 0 Å². The molecule has 80 valence electrons. The van der Waals surface area contributed by atoms with Crippen LogP contribution in [0.3, 0.4) is 0 Å². The molecule has 0 aromatic heterocycles. The average molecular weight is 232 g/mol. The van der Waals surface area contributed by atoms with E-state index in [9.17, 15) is 0 Å². The standard InChI is InChI=1S/C13H10ClNO/c14-10-5-6-11-9(7-10)8-16-13-4-2-1-3-12(13)15-11/h1-7,15H,8H2. The smallest absolute Gasteiger partial charge is 0.143 e. The predicted molar refractivity (Wildman–Crippen MR) is 65.5 cm³/mol. The molecule has 0 radical (unpaired) electrons. The van der Waals surface area contributed by atoms with Crippen LogP contribution in [0.25, 0.3) is 0 Å². The van der Waals surface area contributed by atoms with Crippen LogP contribution >= 0.6 is 11.6 Å². The number of rotatable bonds is 0. The summed E-state index contributed by atoms with van der Waals surface area (Å²) in [7, 11) is 0. The highest BCUT2D eigenvalue weighted by atomic mass is 35.5. The Hall–Kier alpha value is -1.67. The average Bonchev–Trinajstić information content (AvgIpc) is 2.48. The number of fused-ring (bicyclic) bond motifs is 2. The zero-order valence-electron chi connectivity index (χ0n) is 8.53. The van der Waals surface area contributed by atoms with Gasteiger partial charge in [0.2, 0.25) is 0 Å². The van der Waals surface area contributed by atoms with Crippen LogP contribution in [0, 0.1) is 0 Å². The van der Waals surface area contributed by atoms with Crippen molar-refractivity contribution in [1.82, 2.24) is 0 Å². The number of hydrogen-bond acceptors (Lipinski definition) is 2. The summed E-state index contributed by atoms with van der Waals surface area (Å²) in [5, 5.41) is 4.08. The maximum atomic E-state index is 5.96. The number of hydrogen-bond donors (Lipinski definition) is 1. The summed E-state index contributed by atoms with van der Waals surface area (Å²) in [6, 6.07) is 13.7. The van der Waals surface area contributed by atoms with Crippen molar-refractivity contribution in [3.8, 4) is 5.75 Å². The van der Waals surface area contributed by atoms with E-state index in [2.05, 4.69) is 5.32 Å². The van der Waals surface area contributed by atoms with E-state index in [-0.39, 0.29) is 0 Å². The molecule has 1 heterocycles. The Bertz CT molecular complexity index is 539. The maximum Gasteiger partial charge on any atom is 0.143 e. The van der Waals surface area contributed by atoms with Gasteiger partial charge in [-0.3, -0.25) is 0 Å². The summed E-state index contributed by atoms with van der Waals surface area (Å²) in [5.74, 6) is 0.870. The fourth-order valence-electron chi connectivity index (χ4n) is 1.80. The van der Waals surface area contributed by atoms with Crippen LogP contribution < -0.4 is 10.1 Å². The normalized spacial score (nSPS) is 12.8. The van der Waals surface area contributed by atoms with Gasteiger partial charge in [0.25, 0.3) is 0 Å². The number of nitrogens with one attached hydrogen (secondary N) is 1. The maximum absolute atomic E-state index is 5.96. The lowest BCUT2D eigenvalue weighted by Gasteiger charge is -2.07. The van der Waals surface area contributed by atoms with Gasteiger partial charge in [-0.1, -0.05) is 23.7 Å². The first kappa shape index (κ1) is 9.55. The van der Waals surface area contributed by atoms with Gasteiger partial charge in [-0.05, 0) is 30.3 Å². The molecule has 0 unspecified atom stereocenters. The molecule has 1 aliphatic rings. The highest BCUT2D eigenvalue weighted by Gasteiger charge is 2.12. The fourth-order valence-corrected chi connectivity index (χ4v) is 1.99. The highest BCUT2D eigenvalue weighted by molar-refractivity contribution is 6.30. The van der Waals surface area contributed by atoms with Gasteiger partial charge < -0.3 is 10.1 Å². The molecule has 2 aromatic carbocycles. The first-order chi connectivity index (χ1) is 7.83. The second kappa shape index (κ2) is 3.72. The van der Waals surface area contributed by atoms with Gasteiger partial charge in [0.1, 0.15) is 12.4 Å². The van der Waals surface area contributed by atoms with Crippen molar-refractivity contribution < 1.29 is 4.74 Å². The van der Waals surface area contributed by atoms with Gasteiger partial charge in [-0.25, -0.2) is 0 Å². The van der Waals surface area contributed by atoms with Gasteiger partial charge in [-0.2, -0.15) is 0 Å². The molecular formula is C13H10ClNO. The van der Waals surface area contributed by atoms with Crippen LogP contribution in [-0.2, 0) is 6.61 Å². The van der Waals surface area contributed by atoms with Crippen LogP contribution in [0.2, 0.25) is 5.02 Å². The summed E-state index contributed by atoms with van der Waals surface area (Å²) < 4.78 is 5.71. The van der Waals surface area contributed by atoms with Crippen molar-refractivity contribution in [2.75, 3.05) is 5.32 Å². The van der Waals surface area contributed by atoms with Crippen molar-refractivity contribution >= 4 is 23.0 Å². The molecule has 0 fully saturated rings. The fraction of sp³-hybridized carbons (Fsp3) is 0.0769. The van der Waals surface area contributed by atoms with Crippen LogP contribution in [0.15, 0.2) is 42.5 Å². The zero-order valence-corrected chi connectivity index (χ0v) is 9.29. The van der Waals surface area contributed by atoms with Crippen LogP contribution in [-0.4, -0.2) is 0 Å². The Labute approximate surface area is 98.8 Å². The van der Waals surface area contributed by atoms with E-state index in [0.29, 0.717) is 6.61 Å². The Morgan fingerprint density at radius 3 is 2.88 bits per heavy atom. The molecular weight excluding hydrogens is 222 g/mol. The molecule has 0 atom stereocenters. The number of benzene rings is 2. The third kappa shape index (κ3) is 1.61. The van der Waals surface area contributed by atoms with Crippen molar-refractivity contribution in [3.63, 3.8) is 0 Å². The minimum Gasteiger partial charge on any atom is -0.487 e. The molecule has 3 rings (SSSR count). The molecule has 0 aliphatic carbocycles. The van der Waals surface area contributed by atoms with Crippen molar-refractivity contribution in [2.45, 2.75) is 6.61 Å². The lowest BCUT2D eigenvalue weighted by molar-refractivity contribution is 0.311. The molecule has 1 aliphatic heterocycles. The van der Waals surface area contributed by atoms with Gasteiger partial charge >= 0.3 is 0 Å². The van der Waals surface area contributed by atoms with E-state index in [4.69, 9.17) is 16.3 Å². The van der Waals surface area contributed by atoms with Gasteiger partial charge in [0, 0.05) is 16.3 Å². The molecule has 0 bridgehead atoms. The van der Waals surface area contributed by atoms with Crippen molar-refractivity contribution in [3.05, 3.63) is 53.1 Å². The van der Waals surface area contributed by atoms with Crippen LogP contribution in [0.4, 0.5) is 11.4 Å². The van der Waals surface area contributed by atoms with Gasteiger partial charge in [-0.15, -0.1) is 0 Å². The Kier molecular flexibility index (Phi) is 2.22. The van der Waals surface area contributed by atoms with Crippen molar-refractivity contribution in [1.29, 1.82) is 0 Å². The second-order valence-electron chi connectivity index (χ2n) is 3.71. The number of ether oxygens (including phenoxy) is 1. The molecule has 2 nitrogen and oxygen atoms in total. The summed E-state index contributed by atoms with van der Waals surface area (Å²) in [5.41, 5.74) is 3.11. The molecule has 0 saturated carbocycles. The minimum absolute atomic E-state index is 0.542. The largest absolute Gasteiger partial charge is 0.487 e. The van der Waals surface area contributed by atoms with Crippen LogP contribution in [0.1, 0.15) is 5.56 Å². The lowest BCUT2D eigenvalue weighted by atomic mass is 10.2. The Morgan fingerprint density at radius 2 is 1.94 bits per heavy atom. The molecule has 16 heavy (non-hydrogen) atoms. The summed E-state index contributed by atoms with van der Waals surface area (Å²) in [6.45, 7) is 0.542. The topological polar surface area (TPSA) is 21.3 Å². The lowest BCUT2D eigenvalue weighted by Crippen LogP contribution is -1.93. The summed E-state index contributed by atoms with van der Waals surface area (Å²) >= 11 is 5.96. The van der Waals surface area contributed by atoms with E-state index >= 15 is 0 Å². The molecule has 2 aromatic rings. The SMILES string of the molecule is Clc1ccc2c(c1)COc1ccccc1N2. The monoisotopic (exact) mass is 231 g/mol. The van der Waals surface area contributed by atoms with Crippen LogP contribution in [0.5, 0.6) is 5.75 Å². The van der Waals surface area contributed by atoms with Gasteiger partial charge in [0.15, 0.2) is 0 Å². The summed E-state index contributed by atoms with van der Waals surface area (Å²) in [4.78, 5) is 0. The first-order valence-corrected chi connectivity index (χ1v) is 5.48. The predicted octanol–water partition coefficient (Wildman–Crippen LogP) is 3.98. The Morgan fingerprint density at radius 1 is 1.06 bits per heavy atom. The number of para-hydroxylation sites is 2. The molecule has 1 N–H and O–H groups in total. The van der Waals surface area contributed by atoms with Gasteiger partial charge in [0.05, 0.1) is 5.69 Å². The van der Waals surface area contributed by atoms with E-state index < -0.39 is 0 Å². The molecule has 0 amide bonds. The zero-order chi connectivity index (χ0) is 11.0. The minimum atomic E-state index is 0.542. The quantitative estimate of drug-likeness (QED) is 0.741. The third-order valence-corrected chi connectivity index (χ3v) is 2.84. The molecule has 0 spiro atoms. The number of anilines is 2. The second-order valence-corrected chi connectivity index (χ2v) is 4.15. The third-order valence-electron chi connectivity index (χ3n) is 2.61. The molecule has 3 heteroatoms. The molecule has 0 saturated heterocycles. The first-order valence-electron chi connectivity index (χ1n) is 5.10. The van der Waals surface area contributed by atoms with E-state index in [1.165, 1.54) is 0 Å². The van der Waals surface area contributed by atoms with E-state index in [1.807, 2.05) is 42.5 Å². The van der Waals surface area contributed by atoms with Crippen molar-refractivity contribution in [2.24, 2.45) is 0 Å². The summed E-state index contributed by atoms with van der Waals surface area (Å²) in [6.07, 6.45) is 0.